The van der Waals surface area contributed by atoms with Crippen LogP contribution in [0, 0.1) is 18.6 Å². The number of rotatable bonds is 5. The summed E-state index contributed by atoms with van der Waals surface area (Å²) >= 11 is 6.20. The minimum absolute atomic E-state index is 0.0396. The van der Waals surface area contributed by atoms with Crippen molar-refractivity contribution < 1.29 is 18.0 Å². The molecule has 0 saturated carbocycles. The molecule has 1 fully saturated rings. The molecule has 142 valence electrons. The third kappa shape index (κ3) is 4.08. The van der Waals surface area contributed by atoms with Gasteiger partial charge in [-0.05, 0) is 30.2 Å². The Kier molecular flexibility index (Phi) is 5.41. The topological polar surface area (TPSA) is 37.6 Å². The molecule has 1 aliphatic heterocycles. The van der Waals surface area contributed by atoms with Crippen LogP contribution < -0.4 is 0 Å². The van der Waals surface area contributed by atoms with Crippen molar-refractivity contribution in [3.63, 3.8) is 0 Å². The number of benzene rings is 1. The molecule has 4 nitrogen and oxygen atoms in total. The second-order valence-corrected chi connectivity index (χ2v) is 6.75. The summed E-state index contributed by atoms with van der Waals surface area (Å²) in [4.78, 5) is 17.8. The van der Waals surface area contributed by atoms with E-state index in [1.54, 1.807) is 17.7 Å². The third-order valence-corrected chi connectivity index (χ3v) is 4.68. The number of aliphatic imine (C=N–C) groups is 1. The van der Waals surface area contributed by atoms with E-state index >= 15 is 0 Å². The maximum absolute atomic E-state index is 13.3. The van der Waals surface area contributed by atoms with E-state index in [1.807, 2.05) is 0 Å². The lowest BCUT2D eigenvalue weighted by Crippen LogP contribution is -2.52. The van der Waals surface area contributed by atoms with Gasteiger partial charge >= 0.3 is 0 Å². The van der Waals surface area contributed by atoms with Gasteiger partial charge in [-0.2, -0.15) is 0 Å². The fourth-order valence-corrected chi connectivity index (χ4v) is 3.01. The van der Waals surface area contributed by atoms with Gasteiger partial charge in [0.2, 0.25) is 5.91 Å². The first-order chi connectivity index (χ1) is 12.8. The highest BCUT2D eigenvalue weighted by molar-refractivity contribution is 6.33. The van der Waals surface area contributed by atoms with Gasteiger partial charge in [-0.1, -0.05) is 24.2 Å². The molecule has 3 rings (SSSR count). The van der Waals surface area contributed by atoms with E-state index in [0.717, 1.165) is 12.1 Å². The van der Waals surface area contributed by atoms with Crippen LogP contribution in [-0.2, 0) is 11.3 Å². The molecule has 1 aromatic carbocycles. The number of carbonyl (C=O) groups excluding carboxylic acids is 1. The number of nitrogens with zero attached hydrogens (tertiary/aromatic N) is 3. The highest BCUT2D eigenvalue weighted by atomic mass is 35.5. The minimum Gasteiger partial charge on any atom is -0.339 e. The number of aromatic nitrogens is 1. The number of halogens is 4. The monoisotopic (exact) mass is 395 g/mol. The number of hydrogen-bond donors (Lipinski definition) is 0. The molecular formula is C19H17ClF3N3O. The first-order valence-electron chi connectivity index (χ1n) is 8.21. The summed E-state index contributed by atoms with van der Waals surface area (Å²) in [6, 6.07) is 3.45. The van der Waals surface area contributed by atoms with E-state index in [2.05, 4.69) is 11.6 Å². The molecular weight excluding hydrogens is 379 g/mol. The largest absolute Gasteiger partial charge is 0.339 e. The molecule has 27 heavy (non-hydrogen) atoms. The molecule has 0 N–H and O–H groups in total. The molecule has 1 aromatic heterocycles. The molecule has 1 saturated heterocycles. The van der Waals surface area contributed by atoms with Gasteiger partial charge in [-0.15, -0.1) is 0 Å². The Morgan fingerprint density at radius 1 is 1.37 bits per heavy atom. The number of allylic oxidation sites excluding steroid dienone is 1. The van der Waals surface area contributed by atoms with E-state index < -0.39 is 17.8 Å². The van der Waals surface area contributed by atoms with Crippen molar-refractivity contribution in [3.8, 4) is 0 Å². The van der Waals surface area contributed by atoms with Gasteiger partial charge in [0, 0.05) is 18.1 Å². The van der Waals surface area contributed by atoms with E-state index in [9.17, 15) is 18.0 Å². The quantitative estimate of drug-likeness (QED) is 0.694. The Bertz CT molecular complexity index is 933. The van der Waals surface area contributed by atoms with Gasteiger partial charge in [0.25, 0.3) is 0 Å². The molecule has 0 aliphatic carbocycles. The molecule has 0 unspecified atom stereocenters. The lowest BCUT2D eigenvalue weighted by molar-refractivity contribution is -0.138. The average Bonchev–Trinajstić information content (AvgIpc) is 2.85. The molecule has 2 heterocycles. The van der Waals surface area contributed by atoms with Gasteiger partial charge in [-0.3, -0.25) is 9.79 Å². The summed E-state index contributed by atoms with van der Waals surface area (Å²) in [5.41, 5.74) is 1.86. The van der Waals surface area contributed by atoms with Crippen LogP contribution in [0.1, 0.15) is 11.3 Å². The van der Waals surface area contributed by atoms with E-state index in [1.165, 1.54) is 17.2 Å². The highest BCUT2D eigenvalue weighted by Crippen LogP contribution is 2.31. The zero-order chi connectivity index (χ0) is 19.7. The van der Waals surface area contributed by atoms with Crippen molar-refractivity contribution in [2.45, 2.75) is 19.6 Å². The predicted octanol–water partition coefficient (Wildman–Crippen LogP) is 4.32. The smallest absolute Gasteiger partial charge is 0.242 e. The molecule has 8 heteroatoms. The molecule has 0 atom stereocenters. The SMILES string of the molecule is C=C(C=Nc1c(Cl)cn(CC(=O)N2CC(F)C2)c1C)c1ccc(F)c(F)c1. The van der Waals surface area contributed by atoms with Crippen molar-refractivity contribution >= 4 is 35.0 Å². The van der Waals surface area contributed by atoms with Gasteiger partial charge in [0.05, 0.1) is 18.1 Å². The van der Waals surface area contributed by atoms with E-state index in [0.29, 0.717) is 27.5 Å². The standard InChI is InChI=1S/C19H17ClF3N3O/c1-11(13-3-4-16(22)17(23)5-13)6-24-19-12(2)25(9-15(19)20)10-18(27)26-7-14(21)8-26/h3-6,9,14H,1,7-8,10H2,2H3. The Balaban J connectivity index is 1.74. The van der Waals surface area contributed by atoms with Crippen LogP contribution in [0.4, 0.5) is 18.9 Å². The number of hydrogen-bond acceptors (Lipinski definition) is 2. The number of carbonyl (C=O) groups is 1. The number of amides is 1. The van der Waals surface area contributed by atoms with Gasteiger partial charge in [0.1, 0.15) is 18.4 Å². The lowest BCUT2D eigenvalue weighted by Gasteiger charge is -2.34. The normalized spacial score (nSPS) is 14.6. The Labute approximate surface area is 159 Å². The van der Waals surface area contributed by atoms with Crippen molar-refractivity contribution in [2.75, 3.05) is 13.1 Å². The van der Waals surface area contributed by atoms with E-state index in [-0.39, 0.29) is 25.5 Å². The second-order valence-electron chi connectivity index (χ2n) is 6.35. The van der Waals surface area contributed by atoms with Gasteiger partial charge in [0.15, 0.2) is 11.6 Å². The minimum atomic E-state index is -0.970. The summed E-state index contributed by atoms with van der Waals surface area (Å²) in [5.74, 6) is -2.10. The summed E-state index contributed by atoms with van der Waals surface area (Å²) in [6.07, 6.45) is 2.02. The summed E-state index contributed by atoms with van der Waals surface area (Å²) in [6.45, 7) is 5.81. The van der Waals surface area contributed by atoms with Gasteiger partial charge in [-0.25, -0.2) is 13.2 Å². The van der Waals surface area contributed by atoms with Crippen LogP contribution in [0.15, 0.2) is 36.0 Å². The molecule has 1 amide bonds. The van der Waals surface area contributed by atoms with Crippen LogP contribution in [0.25, 0.3) is 5.57 Å². The molecule has 0 radical (unpaired) electrons. The first kappa shape index (κ1) is 19.2. The zero-order valence-corrected chi connectivity index (χ0v) is 15.3. The Hall–Kier alpha value is -2.54. The van der Waals surface area contributed by atoms with Crippen molar-refractivity contribution in [3.05, 3.63) is 58.9 Å². The van der Waals surface area contributed by atoms with Crippen LogP contribution in [0.2, 0.25) is 5.02 Å². The van der Waals surface area contributed by atoms with Crippen LogP contribution in [-0.4, -0.2) is 40.8 Å². The second kappa shape index (κ2) is 7.60. The van der Waals surface area contributed by atoms with Crippen LogP contribution in [0.5, 0.6) is 0 Å². The first-order valence-corrected chi connectivity index (χ1v) is 8.59. The predicted molar refractivity (Wildman–Crippen MR) is 99.2 cm³/mol. The van der Waals surface area contributed by atoms with Crippen molar-refractivity contribution in [1.29, 1.82) is 0 Å². The molecule has 0 spiro atoms. The lowest BCUT2D eigenvalue weighted by atomic mass is 10.1. The highest BCUT2D eigenvalue weighted by Gasteiger charge is 2.30. The molecule has 0 bridgehead atoms. The molecule has 2 aromatic rings. The van der Waals surface area contributed by atoms with Crippen molar-refractivity contribution in [1.82, 2.24) is 9.47 Å². The van der Waals surface area contributed by atoms with Crippen LogP contribution in [0.3, 0.4) is 0 Å². The maximum atomic E-state index is 13.3. The molecule has 1 aliphatic rings. The van der Waals surface area contributed by atoms with E-state index in [4.69, 9.17) is 11.6 Å². The van der Waals surface area contributed by atoms with Gasteiger partial charge < -0.3 is 9.47 Å². The van der Waals surface area contributed by atoms with Crippen LogP contribution >= 0.6 is 11.6 Å². The number of alkyl halides is 1. The summed E-state index contributed by atoms with van der Waals surface area (Å²) in [5, 5.41) is 0.335. The Morgan fingerprint density at radius 3 is 2.70 bits per heavy atom. The Morgan fingerprint density at radius 2 is 2.07 bits per heavy atom. The zero-order valence-electron chi connectivity index (χ0n) is 14.6. The maximum Gasteiger partial charge on any atom is 0.242 e. The fraction of sp³-hybridized carbons (Fsp3) is 0.263. The fourth-order valence-electron chi connectivity index (χ4n) is 2.71. The summed E-state index contributed by atoms with van der Waals surface area (Å²) in [7, 11) is 0. The number of likely N-dealkylation sites (tertiary alicyclic amines) is 1. The van der Waals surface area contributed by atoms with Crippen molar-refractivity contribution in [2.24, 2.45) is 4.99 Å². The third-order valence-electron chi connectivity index (χ3n) is 4.40. The summed E-state index contributed by atoms with van der Waals surface area (Å²) < 4.78 is 40.9. The average molecular weight is 396 g/mol.